The largest absolute Gasteiger partial charge is 0.326 e. The van der Waals surface area contributed by atoms with Crippen molar-refractivity contribution in [1.29, 1.82) is 0 Å². The molecule has 0 radical (unpaired) electrons. The van der Waals surface area contributed by atoms with Gasteiger partial charge in [-0.25, -0.2) is 4.90 Å². The second-order valence-corrected chi connectivity index (χ2v) is 9.40. The van der Waals surface area contributed by atoms with Crippen LogP contribution < -0.4 is 15.1 Å². The second kappa shape index (κ2) is 7.41. The van der Waals surface area contributed by atoms with E-state index in [1.54, 1.807) is 23.1 Å². The Hall–Kier alpha value is -3.25. The van der Waals surface area contributed by atoms with Crippen LogP contribution in [0.25, 0.3) is 0 Å². The van der Waals surface area contributed by atoms with Crippen molar-refractivity contribution in [3.05, 3.63) is 72.8 Å². The molecule has 0 unspecified atom stereocenters. The van der Waals surface area contributed by atoms with Crippen molar-refractivity contribution in [2.45, 2.75) is 31.8 Å². The molecule has 1 spiro atoms. The number of nitrogens with zero attached hydrogens (tertiary/aromatic N) is 2. The summed E-state index contributed by atoms with van der Waals surface area (Å²) in [6.07, 6.45) is 2.45. The number of anilines is 2. The predicted molar refractivity (Wildman–Crippen MR) is 122 cm³/mol. The van der Waals surface area contributed by atoms with Crippen LogP contribution in [-0.2, 0) is 19.9 Å². The Balaban J connectivity index is 1.69. The summed E-state index contributed by atoms with van der Waals surface area (Å²) in [4.78, 5) is 44.6. The van der Waals surface area contributed by atoms with Crippen molar-refractivity contribution in [2.24, 2.45) is 17.8 Å². The molecule has 2 saturated heterocycles. The fourth-order valence-electron chi connectivity index (χ4n) is 6.02. The molecule has 6 nitrogen and oxygen atoms in total. The van der Waals surface area contributed by atoms with Crippen LogP contribution in [0.3, 0.4) is 0 Å². The van der Waals surface area contributed by atoms with Crippen molar-refractivity contribution in [2.75, 3.05) is 16.3 Å². The van der Waals surface area contributed by atoms with Gasteiger partial charge in [0.15, 0.2) is 0 Å². The van der Waals surface area contributed by atoms with Gasteiger partial charge in [-0.15, -0.1) is 6.58 Å². The van der Waals surface area contributed by atoms with E-state index in [4.69, 9.17) is 0 Å². The quantitative estimate of drug-likeness (QED) is 0.584. The van der Waals surface area contributed by atoms with Crippen LogP contribution in [0.5, 0.6) is 0 Å². The number of benzene rings is 2. The number of carbonyl (C=O) groups is 3. The zero-order chi connectivity index (χ0) is 22.6. The minimum atomic E-state index is -1.12. The summed E-state index contributed by atoms with van der Waals surface area (Å²) < 4.78 is 0. The Morgan fingerprint density at radius 3 is 2.41 bits per heavy atom. The smallest absolute Gasteiger partial charge is 0.294 e. The molecule has 2 aromatic carbocycles. The molecule has 2 N–H and O–H groups in total. The molecule has 4 atom stereocenters. The third-order valence-electron chi connectivity index (χ3n) is 7.09. The van der Waals surface area contributed by atoms with E-state index in [1.807, 2.05) is 47.8 Å². The highest BCUT2D eigenvalue weighted by Crippen LogP contribution is 2.52. The molecule has 3 amide bonds. The maximum atomic E-state index is 14.0. The summed E-state index contributed by atoms with van der Waals surface area (Å²) in [6.45, 7) is 8.40. The number of amides is 3. The van der Waals surface area contributed by atoms with Crippen molar-refractivity contribution in [3.63, 3.8) is 0 Å². The number of rotatable bonds is 5. The first-order chi connectivity index (χ1) is 15.4. The highest BCUT2D eigenvalue weighted by molar-refractivity contribution is 6.25. The van der Waals surface area contributed by atoms with Gasteiger partial charge in [-0.3, -0.25) is 14.4 Å². The number of nitrogens with two attached hydrogens (primary N) is 1. The molecule has 3 aliphatic rings. The molecule has 2 aromatic rings. The van der Waals surface area contributed by atoms with E-state index < -0.39 is 17.4 Å². The van der Waals surface area contributed by atoms with Gasteiger partial charge in [0.2, 0.25) is 17.4 Å². The van der Waals surface area contributed by atoms with Gasteiger partial charge in [-0.2, -0.15) is 0 Å². The van der Waals surface area contributed by atoms with E-state index in [1.165, 1.54) is 4.90 Å². The van der Waals surface area contributed by atoms with Crippen LogP contribution in [0.1, 0.15) is 25.8 Å². The summed E-state index contributed by atoms with van der Waals surface area (Å²) in [7, 11) is 0. The third kappa shape index (κ3) is 2.65. The van der Waals surface area contributed by atoms with Gasteiger partial charge in [-0.1, -0.05) is 56.3 Å². The molecule has 3 aliphatic heterocycles. The van der Waals surface area contributed by atoms with E-state index in [2.05, 4.69) is 20.4 Å². The Labute approximate surface area is 187 Å². The minimum Gasteiger partial charge on any atom is -0.326 e. The lowest BCUT2D eigenvalue weighted by Gasteiger charge is -2.27. The van der Waals surface area contributed by atoms with Gasteiger partial charge in [0.1, 0.15) is 17.9 Å². The molecule has 5 rings (SSSR count). The lowest BCUT2D eigenvalue weighted by molar-refractivity contribution is -0.734. The molecule has 0 bridgehead atoms. The zero-order valence-electron chi connectivity index (χ0n) is 18.4. The van der Waals surface area contributed by atoms with E-state index in [-0.39, 0.29) is 23.8 Å². The van der Waals surface area contributed by atoms with Gasteiger partial charge < -0.3 is 10.2 Å². The van der Waals surface area contributed by atoms with Gasteiger partial charge in [-0.05, 0) is 24.1 Å². The number of hydrogen-bond acceptors (Lipinski definition) is 3. The van der Waals surface area contributed by atoms with Crippen molar-refractivity contribution in [3.8, 4) is 0 Å². The topological polar surface area (TPSA) is 74.3 Å². The number of carbonyl (C=O) groups excluding carboxylic acids is 3. The Morgan fingerprint density at radius 1 is 1.03 bits per heavy atom. The average molecular weight is 431 g/mol. The second-order valence-electron chi connectivity index (χ2n) is 9.40. The van der Waals surface area contributed by atoms with Crippen LogP contribution >= 0.6 is 0 Å². The maximum Gasteiger partial charge on any atom is 0.294 e. The molecular weight excluding hydrogens is 402 g/mol. The first-order valence-electron chi connectivity index (χ1n) is 11.2. The van der Waals surface area contributed by atoms with Gasteiger partial charge in [0, 0.05) is 18.5 Å². The molecule has 0 saturated carbocycles. The van der Waals surface area contributed by atoms with Gasteiger partial charge in [0.25, 0.3) is 5.91 Å². The van der Waals surface area contributed by atoms with Crippen LogP contribution in [0, 0.1) is 17.8 Å². The number of para-hydroxylation sites is 2. The van der Waals surface area contributed by atoms with E-state index in [9.17, 15) is 14.4 Å². The normalized spacial score (nSPS) is 28.7. The van der Waals surface area contributed by atoms with E-state index in [0.717, 1.165) is 17.7 Å². The standard InChI is InChI=1S/C26H27N3O3/c1-4-14-28-20-13-9-8-12-18(20)26(25(28)32)22-21(19(27-26)15-16(2)3)23(30)29(24(22)31)17-10-6-5-7-11-17/h4-13,16,19,21-22,27H,1,14-15H2,2-3H3/p+1/t19-,21+,22-,26-/m0/s1. The first kappa shape index (κ1) is 20.6. The fourth-order valence-corrected chi connectivity index (χ4v) is 6.02. The predicted octanol–water partition coefficient (Wildman–Crippen LogP) is 2.21. The summed E-state index contributed by atoms with van der Waals surface area (Å²) >= 11 is 0. The zero-order valence-corrected chi connectivity index (χ0v) is 18.4. The maximum absolute atomic E-state index is 14.0. The molecule has 6 heteroatoms. The molecule has 0 aliphatic carbocycles. The van der Waals surface area contributed by atoms with Crippen LogP contribution in [-0.4, -0.2) is 30.3 Å². The van der Waals surface area contributed by atoms with Crippen LogP contribution in [0.15, 0.2) is 67.3 Å². The highest BCUT2D eigenvalue weighted by atomic mass is 16.2. The fraction of sp³-hybridized carbons (Fsp3) is 0.346. The summed E-state index contributed by atoms with van der Waals surface area (Å²) in [5.74, 6) is -1.55. The van der Waals surface area contributed by atoms with Gasteiger partial charge >= 0.3 is 0 Å². The lowest BCUT2D eigenvalue weighted by Crippen LogP contribution is -2.99. The lowest BCUT2D eigenvalue weighted by atomic mass is 9.76. The van der Waals surface area contributed by atoms with E-state index in [0.29, 0.717) is 18.2 Å². The van der Waals surface area contributed by atoms with Gasteiger partial charge in [0.05, 0.1) is 11.4 Å². The molecule has 32 heavy (non-hydrogen) atoms. The van der Waals surface area contributed by atoms with E-state index >= 15 is 0 Å². The van der Waals surface area contributed by atoms with Crippen molar-refractivity contribution < 1.29 is 19.7 Å². The first-order valence-corrected chi connectivity index (χ1v) is 11.2. The molecular formula is C26H28N3O3+. The summed E-state index contributed by atoms with van der Waals surface area (Å²) in [5, 5.41) is 2.03. The number of fused-ring (bicyclic) bond motifs is 4. The Bertz CT molecular complexity index is 1110. The average Bonchev–Trinajstić information content (AvgIpc) is 3.33. The number of imide groups is 1. The SMILES string of the molecule is C=CCN1C(=O)[C@]2([NH2+][C@@H](CC(C)C)[C@H]3C(=O)N(c4ccccc4)C(=O)[C@H]32)c2ccccc21. The molecule has 3 heterocycles. The summed E-state index contributed by atoms with van der Waals surface area (Å²) in [5.41, 5.74) is 1.07. The Kier molecular flexibility index (Phi) is 4.78. The Morgan fingerprint density at radius 2 is 1.72 bits per heavy atom. The van der Waals surface area contributed by atoms with Crippen molar-refractivity contribution >= 4 is 29.1 Å². The van der Waals surface area contributed by atoms with Crippen LogP contribution in [0.2, 0.25) is 0 Å². The number of quaternary nitrogens is 1. The summed E-state index contributed by atoms with van der Waals surface area (Å²) in [6, 6.07) is 16.6. The molecule has 2 fully saturated rings. The van der Waals surface area contributed by atoms with Crippen LogP contribution in [0.4, 0.5) is 11.4 Å². The molecule has 164 valence electrons. The van der Waals surface area contributed by atoms with Crippen molar-refractivity contribution in [1.82, 2.24) is 0 Å². The number of hydrogen-bond donors (Lipinski definition) is 1. The monoisotopic (exact) mass is 430 g/mol. The highest BCUT2D eigenvalue weighted by Gasteiger charge is 2.75. The minimum absolute atomic E-state index is 0.129. The third-order valence-corrected chi connectivity index (χ3v) is 7.09. The molecule has 0 aromatic heterocycles.